The second-order valence-corrected chi connectivity index (χ2v) is 8.20. The van der Waals surface area contributed by atoms with Crippen LogP contribution < -0.4 is 15.5 Å². The predicted molar refractivity (Wildman–Crippen MR) is 122 cm³/mol. The number of aryl methyl sites for hydroxylation is 1. The number of carbonyl (C=O) groups is 2. The van der Waals surface area contributed by atoms with Crippen molar-refractivity contribution >= 4 is 35.1 Å². The lowest BCUT2D eigenvalue weighted by Crippen LogP contribution is -2.30. The Morgan fingerprint density at radius 2 is 1.73 bits per heavy atom. The van der Waals surface area contributed by atoms with Crippen molar-refractivity contribution < 1.29 is 9.59 Å². The molecule has 0 bridgehead atoms. The van der Waals surface area contributed by atoms with Crippen LogP contribution >= 0.6 is 11.8 Å². The Labute approximate surface area is 180 Å². The summed E-state index contributed by atoms with van der Waals surface area (Å²) in [5.41, 5.74) is 3.38. The molecule has 2 N–H and O–H groups in total. The summed E-state index contributed by atoms with van der Waals surface area (Å²) in [5, 5.41) is 5.76. The van der Waals surface area contributed by atoms with Crippen molar-refractivity contribution in [1.82, 2.24) is 5.32 Å². The van der Waals surface area contributed by atoms with Gasteiger partial charge in [0.2, 0.25) is 0 Å². The SMILES string of the molecule is CN1C(=O)c2ccccc2Sc2ccc(NC(=O)NCCCc3ccccc3)cc21. The van der Waals surface area contributed by atoms with Gasteiger partial charge in [-0.25, -0.2) is 4.79 Å². The molecular formula is C24H23N3O2S. The summed E-state index contributed by atoms with van der Waals surface area (Å²) in [7, 11) is 1.76. The topological polar surface area (TPSA) is 61.4 Å². The third kappa shape index (κ3) is 4.49. The summed E-state index contributed by atoms with van der Waals surface area (Å²) in [6.07, 6.45) is 1.79. The number of nitrogens with one attached hydrogen (secondary N) is 2. The maximum absolute atomic E-state index is 12.8. The molecule has 0 atom stereocenters. The highest BCUT2D eigenvalue weighted by atomic mass is 32.2. The Balaban J connectivity index is 1.38. The molecule has 1 aliphatic heterocycles. The number of amides is 3. The molecule has 30 heavy (non-hydrogen) atoms. The van der Waals surface area contributed by atoms with Crippen LogP contribution in [-0.2, 0) is 6.42 Å². The predicted octanol–water partition coefficient (Wildman–Crippen LogP) is 5.18. The lowest BCUT2D eigenvalue weighted by Gasteiger charge is -2.18. The van der Waals surface area contributed by atoms with Crippen LogP contribution in [0.3, 0.4) is 0 Å². The standard InChI is InChI=1S/C24H23N3O2S/c1-27-20-16-18(26-24(29)25-15-7-10-17-8-3-2-4-9-17)13-14-22(20)30-21-12-6-5-11-19(21)23(27)28/h2-6,8-9,11-14,16H,7,10,15H2,1H3,(H2,25,26,29). The van der Waals surface area contributed by atoms with Crippen molar-refractivity contribution in [2.75, 3.05) is 23.8 Å². The fraction of sp³-hybridized carbons (Fsp3) is 0.167. The Bertz CT molecular complexity index is 1070. The first-order chi connectivity index (χ1) is 14.6. The number of anilines is 2. The lowest BCUT2D eigenvalue weighted by molar-refractivity contribution is 0.0990. The average Bonchev–Trinajstić information content (AvgIpc) is 2.87. The molecule has 5 nitrogen and oxygen atoms in total. The second kappa shape index (κ2) is 9.05. The molecule has 0 aromatic heterocycles. The zero-order valence-electron chi connectivity index (χ0n) is 16.7. The second-order valence-electron chi connectivity index (χ2n) is 7.11. The largest absolute Gasteiger partial charge is 0.338 e. The number of fused-ring (bicyclic) bond motifs is 2. The summed E-state index contributed by atoms with van der Waals surface area (Å²) in [6.45, 7) is 0.592. The molecule has 0 fully saturated rings. The minimum absolute atomic E-state index is 0.0561. The van der Waals surface area contributed by atoms with E-state index < -0.39 is 0 Å². The molecular weight excluding hydrogens is 394 g/mol. The minimum atomic E-state index is -0.249. The molecule has 3 aromatic rings. The van der Waals surface area contributed by atoms with Gasteiger partial charge in [0.15, 0.2) is 0 Å². The molecule has 6 heteroatoms. The van der Waals surface area contributed by atoms with Crippen molar-refractivity contribution in [2.45, 2.75) is 22.6 Å². The minimum Gasteiger partial charge on any atom is -0.338 e. The van der Waals surface area contributed by atoms with Crippen molar-refractivity contribution in [2.24, 2.45) is 0 Å². The molecule has 3 amide bonds. The van der Waals surface area contributed by atoms with Crippen molar-refractivity contribution in [3.8, 4) is 0 Å². The van der Waals surface area contributed by atoms with Gasteiger partial charge in [-0.05, 0) is 48.7 Å². The van der Waals surface area contributed by atoms with E-state index in [4.69, 9.17) is 0 Å². The third-order valence-electron chi connectivity index (χ3n) is 4.99. The maximum Gasteiger partial charge on any atom is 0.319 e. The van der Waals surface area contributed by atoms with Gasteiger partial charge < -0.3 is 15.5 Å². The quantitative estimate of drug-likeness (QED) is 0.562. The number of urea groups is 1. The van der Waals surface area contributed by atoms with Gasteiger partial charge in [0.1, 0.15) is 0 Å². The highest BCUT2D eigenvalue weighted by Crippen LogP contribution is 2.41. The first-order valence-corrected chi connectivity index (χ1v) is 10.7. The Kier molecular flexibility index (Phi) is 6.05. The molecule has 0 aliphatic carbocycles. The van der Waals surface area contributed by atoms with Crippen LogP contribution in [0, 0.1) is 0 Å². The highest BCUT2D eigenvalue weighted by molar-refractivity contribution is 7.99. The van der Waals surface area contributed by atoms with E-state index in [-0.39, 0.29) is 11.9 Å². The molecule has 1 heterocycles. The van der Waals surface area contributed by atoms with Crippen LogP contribution in [0.4, 0.5) is 16.2 Å². The molecule has 0 saturated carbocycles. The van der Waals surface area contributed by atoms with Crippen molar-refractivity contribution in [3.63, 3.8) is 0 Å². The van der Waals surface area contributed by atoms with E-state index in [1.807, 2.05) is 60.7 Å². The summed E-state index contributed by atoms with van der Waals surface area (Å²) < 4.78 is 0. The number of nitrogens with zero attached hydrogens (tertiary/aromatic N) is 1. The summed E-state index contributed by atoms with van der Waals surface area (Å²) in [5.74, 6) is -0.0561. The van der Waals surface area contributed by atoms with Crippen LogP contribution in [0.2, 0.25) is 0 Å². The van der Waals surface area contributed by atoms with E-state index in [2.05, 4.69) is 22.8 Å². The maximum atomic E-state index is 12.8. The number of rotatable bonds is 5. The summed E-state index contributed by atoms with van der Waals surface area (Å²) >= 11 is 1.56. The molecule has 0 spiro atoms. The molecule has 4 rings (SSSR count). The van der Waals surface area contributed by atoms with Crippen molar-refractivity contribution in [3.05, 3.63) is 83.9 Å². The smallest absolute Gasteiger partial charge is 0.319 e. The van der Waals surface area contributed by atoms with Gasteiger partial charge in [0.25, 0.3) is 5.91 Å². The summed E-state index contributed by atoms with van der Waals surface area (Å²) in [6, 6.07) is 23.2. The van der Waals surface area contributed by atoms with Gasteiger partial charge in [0.05, 0.1) is 11.3 Å². The van der Waals surface area contributed by atoms with E-state index in [1.54, 1.807) is 23.7 Å². The monoisotopic (exact) mass is 417 g/mol. The van der Waals surface area contributed by atoms with Gasteiger partial charge in [-0.3, -0.25) is 4.79 Å². The van der Waals surface area contributed by atoms with Gasteiger partial charge in [-0.15, -0.1) is 0 Å². The zero-order valence-corrected chi connectivity index (χ0v) is 17.5. The third-order valence-corrected chi connectivity index (χ3v) is 6.13. The normalized spacial score (nSPS) is 12.6. The van der Waals surface area contributed by atoms with Crippen LogP contribution in [0.15, 0.2) is 82.6 Å². The Morgan fingerprint density at radius 1 is 0.967 bits per heavy atom. The lowest BCUT2D eigenvalue weighted by atomic mass is 10.1. The van der Waals surface area contributed by atoms with Gasteiger partial charge in [-0.2, -0.15) is 0 Å². The van der Waals surface area contributed by atoms with E-state index >= 15 is 0 Å². The average molecular weight is 418 g/mol. The van der Waals surface area contributed by atoms with Gasteiger partial charge >= 0.3 is 6.03 Å². The number of benzene rings is 3. The zero-order chi connectivity index (χ0) is 20.9. The first-order valence-electron chi connectivity index (χ1n) is 9.89. The number of hydrogen-bond acceptors (Lipinski definition) is 3. The van der Waals surface area contributed by atoms with Gasteiger partial charge in [-0.1, -0.05) is 54.2 Å². The molecule has 0 radical (unpaired) electrons. The number of carbonyl (C=O) groups excluding carboxylic acids is 2. The van der Waals surface area contributed by atoms with Crippen LogP contribution in [-0.4, -0.2) is 25.5 Å². The highest BCUT2D eigenvalue weighted by Gasteiger charge is 2.24. The first kappa shape index (κ1) is 20.0. The van der Waals surface area contributed by atoms with E-state index in [0.29, 0.717) is 17.8 Å². The van der Waals surface area contributed by atoms with Gasteiger partial charge in [0, 0.05) is 29.1 Å². The van der Waals surface area contributed by atoms with Crippen molar-refractivity contribution in [1.29, 1.82) is 0 Å². The molecule has 3 aromatic carbocycles. The van der Waals surface area contributed by atoms with E-state index in [9.17, 15) is 9.59 Å². The summed E-state index contributed by atoms with van der Waals surface area (Å²) in [4.78, 5) is 28.7. The Morgan fingerprint density at radius 3 is 2.57 bits per heavy atom. The fourth-order valence-electron chi connectivity index (χ4n) is 3.40. The molecule has 152 valence electrons. The van der Waals surface area contributed by atoms with Crippen LogP contribution in [0.5, 0.6) is 0 Å². The molecule has 0 saturated heterocycles. The van der Waals surface area contributed by atoms with Crippen LogP contribution in [0.25, 0.3) is 0 Å². The van der Waals surface area contributed by atoms with E-state index in [1.165, 1.54) is 5.56 Å². The molecule has 1 aliphatic rings. The fourth-order valence-corrected chi connectivity index (χ4v) is 4.48. The van der Waals surface area contributed by atoms with Crippen LogP contribution in [0.1, 0.15) is 22.3 Å². The Hall–Kier alpha value is -3.25. The number of hydrogen-bond donors (Lipinski definition) is 2. The van der Waals surface area contributed by atoms with E-state index in [0.717, 1.165) is 28.3 Å². The molecule has 0 unspecified atom stereocenters.